The average molecular weight is 318 g/mol. The number of rotatable bonds is 10. The van der Waals surface area contributed by atoms with Crippen LogP contribution in [0.25, 0.3) is 0 Å². The summed E-state index contributed by atoms with van der Waals surface area (Å²) in [5.41, 5.74) is -1.71. The van der Waals surface area contributed by atoms with Crippen molar-refractivity contribution in [1.29, 1.82) is 0 Å². The van der Waals surface area contributed by atoms with Crippen LogP contribution in [-0.2, 0) is 28.2 Å². The van der Waals surface area contributed by atoms with Crippen molar-refractivity contribution >= 4 is 21.0 Å². The van der Waals surface area contributed by atoms with E-state index in [0.717, 1.165) is 0 Å². The molecular weight excluding hydrogens is 306 g/mol. The normalized spacial score (nSPS) is 18.4. The summed E-state index contributed by atoms with van der Waals surface area (Å²) >= 11 is 0. The van der Waals surface area contributed by atoms with E-state index in [1.165, 1.54) is 6.92 Å². The van der Waals surface area contributed by atoms with Crippen molar-refractivity contribution in [2.45, 2.75) is 31.8 Å². The molecule has 0 spiro atoms. The van der Waals surface area contributed by atoms with Crippen molar-refractivity contribution in [3.63, 3.8) is 0 Å². The van der Waals surface area contributed by atoms with Crippen molar-refractivity contribution < 1.29 is 48.5 Å². The summed E-state index contributed by atoms with van der Waals surface area (Å²) in [4.78, 5) is 20.9. The van der Waals surface area contributed by atoms with Crippen LogP contribution in [0, 0.1) is 0 Å². The van der Waals surface area contributed by atoms with E-state index in [1.807, 2.05) is 0 Å². The standard InChI is InChI=1S/C7H14O10P2/c1-2-7(10,5-6(8)9)3-4-15-19(14,17-16-11)18(12)13/h10-11H,2-5H2,1H3,(H,8,9)/p-2. The largest absolute Gasteiger partial charge is 0.691 e. The highest BCUT2D eigenvalue weighted by atomic mass is 32.1. The third-order valence-electron chi connectivity index (χ3n) is 2.28. The van der Waals surface area contributed by atoms with Crippen LogP contribution in [0.3, 0.4) is 0 Å². The molecule has 0 aromatic rings. The maximum Gasteiger partial charge on any atom is 0.593 e. The SMILES string of the molecule is CCC(O)(CCOP(=O)(OO[O-])[P+](=O)[O-])CC(=O)[O-]. The van der Waals surface area contributed by atoms with Crippen LogP contribution in [0.15, 0.2) is 0 Å². The Balaban J connectivity index is 4.50. The van der Waals surface area contributed by atoms with Crippen molar-refractivity contribution in [3.8, 4) is 0 Å². The Kier molecular flexibility index (Phi) is 7.80. The Hall–Kier alpha value is -0.440. The fourth-order valence-corrected chi connectivity index (χ4v) is 2.51. The molecule has 0 amide bonds. The first-order chi connectivity index (χ1) is 8.69. The predicted octanol–water partition coefficient (Wildman–Crippen LogP) is -1.89. The third kappa shape index (κ3) is 6.51. The summed E-state index contributed by atoms with van der Waals surface area (Å²) in [6.07, 6.45) is -1.05. The predicted molar refractivity (Wildman–Crippen MR) is 52.8 cm³/mol. The van der Waals surface area contributed by atoms with Crippen LogP contribution in [0.2, 0.25) is 0 Å². The van der Waals surface area contributed by atoms with E-state index in [4.69, 9.17) is 0 Å². The van der Waals surface area contributed by atoms with Crippen molar-refractivity contribution in [2.24, 2.45) is 0 Å². The Labute approximate surface area is 109 Å². The maximum atomic E-state index is 11.3. The van der Waals surface area contributed by atoms with Gasteiger partial charge in [-0.2, -0.15) is 0 Å². The molecule has 0 saturated heterocycles. The number of aliphatic hydroxyl groups is 1. The molecule has 3 atom stereocenters. The van der Waals surface area contributed by atoms with Crippen molar-refractivity contribution in [3.05, 3.63) is 0 Å². The number of carbonyl (C=O) groups is 1. The van der Waals surface area contributed by atoms with Gasteiger partial charge in [-0.05, 0) is 6.42 Å². The molecule has 0 fully saturated rings. The van der Waals surface area contributed by atoms with Gasteiger partial charge >= 0.3 is 15.0 Å². The minimum atomic E-state index is -4.78. The molecule has 0 aromatic heterocycles. The highest BCUT2D eigenvalue weighted by Crippen LogP contribution is 2.66. The lowest BCUT2D eigenvalue weighted by Crippen LogP contribution is -2.38. The van der Waals surface area contributed by atoms with E-state index in [9.17, 15) is 34.3 Å². The second-order valence-corrected chi connectivity index (χ2v) is 7.83. The second-order valence-electron chi connectivity index (χ2n) is 3.56. The van der Waals surface area contributed by atoms with Gasteiger partial charge in [0, 0.05) is 18.8 Å². The lowest BCUT2D eigenvalue weighted by molar-refractivity contribution is -0.780. The van der Waals surface area contributed by atoms with Gasteiger partial charge in [-0.1, -0.05) is 11.5 Å². The summed E-state index contributed by atoms with van der Waals surface area (Å²) in [5.74, 6) is -1.51. The smallest absolute Gasteiger partial charge is 0.593 e. The minimum absolute atomic E-state index is 0.0110. The lowest BCUT2D eigenvalue weighted by atomic mass is 9.93. The Morgan fingerprint density at radius 3 is 2.47 bits per heavy atom. The zero-order valence-corrected chi connectivity index (χ0v) is 11.6. The summed E-state index contributed by atoms with van der Waals surface area (Å²) in [7, 11) is -8.52. The Morgan fingerprint density at radius 2 is 2.11 bits per heavy atom. The van der Waals surface area contributed by atoms with Gasteiger partial charge in [-0.15, -0.1) is 4.67 Å². The van der Waals surface area contributed by atoms with Crippen LogP contribution in [0.1, 0.15) is 26.2 Å². The molecule has 10 nitrogen and oxygen atoms in total. The molecular formula is C7H12O10P2-2. The lowest BCUT2D eigenvalue weighted by Gasteiger charge is -2.27. The molecule has 0 aliphatic rings. The van der Waals surface area contributed by atoms with E-state index in [1.54, 1.807) is 0 Å². The molecule has 0 saturated carbocycles. The molecule has 0 rings (SSSR count). The van der Waals surface area contributed by atoms with Crippen LogP contribution in [-0.4, -0.2) is 23.3 Å². The highest BCUT2D eigenvalue weighted by molar-refractivity contribution is 8.20. The zero-order valence-electron chi connectivity index (χ0n) is 9.84. The number of carboxylic acid groups (broad SMARTS) is 1. The average Bonchev–Trinajstić information content (AvgIpc) is 2.28. The van der Waals surface area contributed by atoms with Crippen molar-refractivity contribution in [2.75, 3.05) is 6.61 Å². The van der Waals surface area contributed by atoms with Crippen LogP contribution >= 0.6 is 15.0 Å². The van der Waals surface area contributed by atoms with Gasteiger partial charge in [0.25, 0.3) is 0 Å². The molecule has 0 aliphatic carbocycles. The monoisotopic (exact) mass is 318 g/mol. The van der Waals surface area contributed by atoms with Gasteiger partial charge in [0.2, 0.25) is 0 Å². The summed E-state index contributed by atoms with van der Waals surface area (Å²) in [6.45, 7) is 0.857. The molecule has 0 heterocycles. The molecule has 112 valence electrons. The Morgan fingerprint density at radius 1 is 1.53 bits per heavy atom. The van der Waals surface area contributed by atoms with E-state index in [0.29, 0.717) is 0 Å². The highest BCUT2D eigenvalue weighted by Gasteiger charge is 2.43. The first kappa shape index (κ1) is 18.6. The number of hydrogen-bond acceptors (Lipinski definition) is 10. The molecule has 3 unspecified atom stereocenters. The second kappa shape index (κ2) is 7.98. The van der Waals surface area contributed by atoms with Crippen molar-refractivity contribution in [1.82, 2.24) is 0 Å². The maximum absolute atomic E-state index is 11.3. The first-order valence-electron chi connectivity index (χ1n) is 4.99. The molecule has 0 bridgehead atoms. The summed E-state index contributed by atoms with van der Waals surface area (Å²) in [5, 5.41) is 32.6. The first-order valence-corrected chi connectivity index (χ1v) is 8.41. The minimum Gasteiger partial charge on any atom is -0.691 e. The van der Waals surface area contributed by atoms with Crippen LogP contribution in [0.5, 0.6) is 0 Å². The molecule has 0 aromatic carbocycles. The number of hydrogen-bond donors (Lipinski definition) is 1. The van der Waals surface area contributed by atoms with E-state index < -0.39 is 39.6 Å². The van der Waals surface area contributed by atoms with E-state index >= 15 is 0 Å². The van der Waals surface area contributed by atoms with Gasteiger partial charge in [0.15, 0.2) is 0 Å². The molecule has 19 heavy (non-hydrogen) atoms. The van der Waals surface area contributed by atoms with Crippen LogP contribution in [0.4, 0.5) is 0 Å². The fourth-order valence-electron chi connectivity index (χ4n) is 1.14. The van der Waals surface area contributed by atoms with Gasteiger partial charge in [-0.25, -0.2) is 4.57 Å². The van der Waals surface area contributed by atoms with Gasteiger partial charge < -0.3 is 25.2 Å². The number of carbonyl (C=O) groups excluding carboxylic acids is 1. The fraction of sp³-hybridized carbons (Fsp3) is 0.857. The molecule has 12 heteroatoms. The zero-order chi connectivity index (χ0) is 15.1. The van der Waals surface area contributed by atoms with E-state index in [-0.39, 0.29) is 12.8 Å². The number of aliphatic carboxylic acids is 1. The molecule has 1 N–H and O–H groups in total. The quantitative estimate of drug-likeness (QED) is 0.273. The summed E-state index contributed by atoms with van der Waals surface area (Å²) in [6, 6.07) is 0. The van der Waals surface area contributed by atoms with Crippen LogP contribution < -0.4 is 15.3 Å². The van der Waals surface area contributed by atoms with Gasteiger partial charge in [0.05, 0.1) is 12.2 Å². The third-order valence-corrected chi connectivity index (χ3v) is 5.18. The van der Waals surface area contributed by atoms with Gasteiger partial charge in [-0.3, -0.25) is 9.56 Å². The molecule has 0 aliphatic heterocycles. The Bertz CT molecular complexity index is 371. The molecule has 0 radical (unpaired) electrons. The topological polar surface area (TPSA) is 168 Å². The van der Waals surface area contributed by atoms with E-state index in [2.05, 4.69) is 14.2 Å². The number of carboxylic acids is 1. The summed E-state index contributed by atoms with van der Waals surface area (Å²) < 4.78 is 29.7. The van der Waals surface area contributed by atoms with Gasteiger partial charge in [0.1, 0.15) is 0 Å².